The number of nitrogens with zero attached hydrogens (tertiary/aromatic N) is 1. The number of hydrogen-bond donors (Lipinski definition) is 1. The first-order valence-corrected chi connectivity index (χ1v) is 12.8. The summed E-state index contributed by atoms with van der Waals surface area (Å²) >= 11 is 12.3. The molecule has 0 aliphatic heterocycles. The molecule has 0 fully saturated rings. The maximum absolute atomic E-state index is 13.6. The van der Waals surface area contributed by atoms with E-state index in [-0.39, 0.29) is 30.8 Å². The third-order valence-corrected chi connectivity index (χ3v) is 6.32. The molecule has 0 heterocycles. The molecule has 3 aromatic carbocycles. The zero-order chi connectivity index (χ0) is 25.9. The minimum Gasteiger partial charge on any atom is -0.494 e. The van der Waals surface area contributed by atoms with E-state index in [0.29, 0.717) is 29.5 Å². The summed E-state index contributed by atoms with van der Waals surface area (Å²) in [6, 6.07) is 23.7. The number of amides is 2. The Morgan fingerprint density at radius 3 is 2.19 bits per heavy atom. The van der Waals surface area contributed by atoms with Crippen LogP contribution in [0, 0.1) is 0 Å². The molecule has 1 N–H and O–H groups in total. The van der Waals surface area contributed by atoms with Crippen LogP contribution >= 0.6 is 23.2 Å². The van der Waals surface area contributed by atoms with Gasteiger partial charge in [-0.25, -0.2) is 0 Å². The van der Waals surface area contributed by atoms with Gasteiger partial charge in [-0.15, -0.1) is 0 Å². The van der Waals surface area contributed by atoms with Crippen LogP contribution in [0.25, 0.3) is 0 Å². The van der Waals surface area contributed by atoms with Gasteiger partial charge in [-0.3, -0.25) is 9.59 Å². The Hall–Kier alpha value is -3.02. The Labute approximate surface area is 223 Å². The highest BCUT2D eigenvalue weighted by atomic mass is 35.5. The number of ether oxygens (including phenoxy) is 1. The second-order valence-corrected chi connectivity index (χ2v) is 9.72. The SMILES string of the molecule is CC(C)NC(=O)C(Cc1ccccc1)N(Cc1ccc(Cl)c(Cl)c1)C(=O)CCCOc1ccccc1. The lowest BCUT2D eigenvalue weighted by Crippen LogP contribution is -2.51. The van der Waals surface area contributed by atoms with Crippen LogP contribution in [0.15, 0.2) is 78.9 Å². The van der Waals surface area contributed by atoms with Crippen LogP contribution in [0.4, 0.5) is 0 Å². The monoisotopic (exact) mass is 526 g/mol. The molecule has 0 bridgehead atoms. The highest BCUT2D eigenvalue weighted by molar-refractivity contribution is 6.42. The number of halogens is 2. The second kappa shape index (κ2) is 13.9. The molecule has 3 aromatic rings. The van der Waals surface area contributed by atoms with E-state index < -0.39 is 6.04 Å². The fourth-order valence-corrected chi connectivity index (χ4v) is 4.16. The lowest BCUT2D eigenvalue weighted by molar-refractivity contribution is -0.141. The molecule has 0 radical (unpaired) electrons. The highest BCUT2D eigenvalue weighted by Crippen LogP contribution is 2.25. The van der Waals surface area contributed by atoms with Gasteiger partial charge in [-0.2, -0.15) is 0 Å². The van der Waals surface area contributed by atoms with Gasteiger partial charge in [0.1, 0.15) is 11.8 Å². The van der Waals surface area contributed by atoms with Crippen molar-refractivity contribution < 1.29 is 14.3 Å². The van der Waals surface area contributed by atoms with Crippen molar-refractivity contribution in [3.63, 3.8) is 0 Å². The number of carbonyl (C=O) groups excluding carboxylic acids is 2. The third kappa shape index (κ3) is 8.58. The summed E-state index contributed by atoms with van der Waals surface area (Å²) in [5.74, 6) is 0.441. The summed E-state index contributed by atoms with van der Waals surface area (Å²) in [4.78, 5) is 28.6. The van der Waals surface area contributed by atoms with Crippen molar-refractivity contribution in [2.45, 2.75) is 51.7 Å². The molecule has 1 atom stereocenters. The van der Waals surface area contributed by atoms with E-state index in [1.165, 1.54) is 0 Å². The summed E-state index contributed by atoms with van der Waals surface area (Å²) in [5.41, 5.74) is 1.77. The Bertz CT molecular complexity index is 1120. The van der Waals surface area contributed by atoms with Crippen LogP contribution in [-0.4, -0.2) is 35.4 Å². The first-order chi connectivity index (χ1) is 17.3. The summed E-state index contributed by atoms with van der Waals surface area (Å²) in [5, 5.41) is 3.83. The average Bonchev–Trinajstić information content (AvgIpc) is 2.86. The molecule has 0 aromatic heterocycles. The van der Waals surface area contributed by atoms with Gasteiger partial charge >= 0.3 is 0 Å². The zero-order valence-corrected chi connectivity index (χ0v) is 22.1. The minimum absolute atomic E-state index is 0.0584. The van der Waals surface area contributed by atoms with Crippen molar-refractivity contribution >= 4 is 35.0 Å². The van der Waals surface area contributed by atoms with Crippen molar-refractivity contribution in [1.29, 1.82) is 0 Å². The molecule has 0 spiro atoms. The number of rotatable bonds is 12. The van der Waals surface area contributed by atoms with Crippen LogP contribution in [0.5, 0.6) is 5.75 Å². The number of nitrogens with one attached hydrogen (secondary N) is 1. The van der Waals surface area contributed by atoms with E-state index in [1.807, 2.05) is 80.6 Å². The van der Waals surface area contributed by atoms with Gasteiger partial charge in [0.25, 0.3) is 0 Å². The normalized spacial score (nSPS) is 11.7. The molecular weight excluding hydrogens is 495 g/mol. The Balaban J connectivity index is 1.82. The molecule has 0 saturated carbocycles. The molecule has 0 aliphatic carbocycles. The van der Waals surface area contributed by atoms with Crippen molar-refractivity contribution in [3.8, 4) is 5.75 Å². The Morgan fingerprint density at radius 1 is 0.889 bits per heavy atom. The molecule has 7 heteroatoms. The smallest absolute Gasteiger partial charge is 0.243 e. The predicted octanol–water partition coefficient (Wildman–Crippen LogP) is 6.32. The predicted molar refractivity (Wildman–Crippen MR) is 145 cm³/mol. The first kappa shape index (κ1) is 27.6. The number of benzene rings is 3. The number of hydrogen-bond acceptors (Lipinski definition) is 3. The van der Waals surface area contributed by atoms with E-state index in [2.05, 4.69) is 5.32 Å². The zero-order valence-electron chi connectivity index (χ0n) is 20.6. The molecule has 0 saturated heterocycles. The van der Waals surface area contributed by atoms with E-state index in [9.17, 15) is 9.59 Å². The summed E-state index contributed by atoms with van der Waals surface area (Å²) in [6.07, 6.45) is 1.16. The quantitative estimate of drug-likeness (QED) is 0.281. The molecule has 36 heavy (non-hydrogen) atoms. The largest absolute Gasteiger partial charge is 0.494 e. The van der Waals surface area contributed by atoms with E-state index in [1.54, 1.807) is 17.0 Å². The number of carbonyl (C=O) groups is 2. The molecule has 2 amide bonds. The summed E-state index contributed by atoms with van der Waals surface area (Å²) in [7, 11) is 0. The molecule has 5 nitrogen and oxygen atoms in total. The molecule has 3 rings (SSSR count). The molecule has 0 aliphatic rings. The highest BCUT2D eigenvalue weighted by Gasteiger charge is 2.30. The fourth-order valence-electron chi connectivity index (χ4n) is 3.84. The topological polar surface area (TPSA) is 58.6 Å². The molecule has 1 unspecified atom stereocenters. The second-order valence-electron chi connectivity index (χ2n) is 8.90. The van der Waals surface area contributed by atoms with Crippen molar-refractivity contribution in [2.75, 3.05) is 6.61 Å². The van der Waals surface area contributed by atoms with Gasteiger partial charge in [0.15, 0.2) is 0 Å². The van der Waals surface area contributed by atoms with E-state index >= 15 is 0 Å². The number of para-hydroxylation sites is 1. The van der Waals surface area contributed by atoms with Crippen molar-refractivity contribution in [3.05, 3.63) is 100 Å². The molecular formula is C29H32Cl2N2O3. The van der Waals surface area contributed by atoms with Crippen LogP contribution in [0.3, 0.4) is 0 Å². The van der Waals surface area contributed by atoms with E-state index in [0.717, 1.165) is 16.9 Å². The Morgan fingerprint density at radius 2 is 1.56 bits per heavy atom. The van der Waals surface area contributed by atoms with Gasteiger partial charge in [-0.1, -0.05) is 77.8 Å². The minimum atomic E-state index is -0.688. The van der Waals surface area contributed by atoms with Crippen molar-refractivity contribution in [1.82, 2.24) is 10.2 Å². The standard InChI is InChI=1S/C29H32Cl2N2O3/c1-21(2)32-29(35)27(19-22-10-5-3-6-11-22)33(20-23-15-16-25(30)26(31)18-23)28(34)14-9-17-36-24-12-7-4-8-13-24/h3-8,10-13,15-16,18,21,27H,9,14,17,19-20H2,1-2H3,(H,32,35). The summed E-state index contributed by atoms with van der Waals surface area (Å²) in [6.45, 7) is 4.45. The third-order valence-electron chi connectivity index (χ3n) is 5.59. The van der Waals surface area contributed by atoms with Crippen LogP contribution in [0.1, 0.15) is 37.8 Å². The van der Waals surface area contributed by atoms with Gasteiger partial charge in [0.2, 0.25) is 11.8 Å². The van der Waals surface area contributed by atoms with Crippen LogP contribution in [-0.2, 0) is 22.6 Å². The average molecular weight is 527 g/mol. The fraction of sp³-hybridized carbons (Fsp3) is 0.310. The Kier molecular flexibility index (Phi) is 10.6. The lowest BCUT2D eigenvalue weighted by atomic mass is 10.0. The van der Waals surface area contributed by atoms with Gasteiger partial charge in [0.05, 0.1) is 16.7 Å². The van der Waals surface area contributed by atoms with Gasteiger partial charge in [-0.05, 0) is 55.7 Å². The van der Waals surface area contributed by atoms with Crippen molar-refractivity contribution in [2.24, 2.45) is 0 Å². The summed E-state index contributed by atoms with van der Waals surface area (Å²) < 4.78 is 5.76. The maximum Gasteiger partial charge on any atom is 0.243 e. The lowest BCUT2D eigenvalue weighted by Gasteiger charge is -2.32. The molecule has 190 valence electrons. The first-order valence-electron chi connectivity index (χ1n) is 12.1. The maximum atomic E-state index is 13.6. The van der Waals surface area contributed by atoms with Gasteiger partial charge < -0.3 is 15.0 Å². The van der Waals surface area contributed by atoms with Crippen LogP contribution < -0.4 is 10.1 Å². The van der Waals surface area contributed by atoms with Gasteiger partial charge in [0, 0.05) is 25.4 Å². The van der Waals surface area contributed by atoms with Crippen LogP contribution in [0.2, 0.25) is 10.0 Å². The van der Waals surface area contributed by atoms with E-state index in [4.69, 9.17) is 27.9 Å².